The lowest BCUT2D eigenvalue weighted by Gasteiger charge is -2.25. The van der Waals surface area contributed by atoms with Gasteiger partial charge in [0.1, 0.15) is 0 Å². The Labute approximate surface area is 161 Å². The van der Waals surface area contributed by atoms with Crippen LogP contribution in [-0.2, 0) is 4.79 Å². The quantitative estimate of drug-likeness (QED) is 0.848. The highest BCUT2D eigenvalue weighted by Gasteiger charge is 2.17. The number of hydrogen-bond donors (Lipinski definition) is 1. The highest BCUT2D eigenvalue weighted by molar-refractivity contribution is 6.06. The molecule has 2 amide bonds. The Morgan fingerprint density at radius 3 is 2.26 bits per heavy atom. The summed E-state index contributed by atoms with van der Waals surface area (Å²) in [5.41, 5.74) is 2.20. The molecule has 2 aromatic carbocycles. The molecule has 0 unspecified atom stereocenters. The maximum Gasteiger partial charge on any atom is 0.258 e. The van der Waals surface area contributed by atoms with Gasteiger partial charge < -0.3 is 10.2 Å². The van der Waals surface area contributed by atoms with Crippen molar-refractivity contribution in [3.05, 3.63) is 60.2 Å². The molecule has 1 N–H and O–H groups in total. The van der Waals surface area contributed by atoms with Gasteiger partial charge in [0.15, 0.2) is 0 Å². The molecule has 3 rings (SSSR count). The zero-order valence-electron chi connectivity index (χ0n) is 15.9. The molecule has 1 aliphatic heterocycles. The molecule has 1 heterocycles. The normalized spacial score (nSPS) is 14.6. The minimum atomic E-state index is -0.0464. The molecule has 0 aliphatic carbocycles. The predicted octanol–water partition coefficient (Wildman–Crippen LogP) is 3.78. The lowest BCUT2D eigenvalue weighted by Crippen LogP contribution is -2.36. The number of rotatable bonds is 6. The van der Waals surface area contributed by atoms with Crippen LogP contribution in [0, 0.1) is 0 Å². The molecular weight excluding hydrogens is 338 g/mol. The summed E-state index contributed by atoms with van der Waals surface area (Å²) in [5, 5.41) is 2.92. The Balaban J connectivity index is 1.60. The van der Waals surface area contributed by atoms with Crippen molar-refractivity contribution in [1.82, 2.24) is 4.90 Å². The van der Waals surface area contributed by atoms with Crippen LogP contribution in [0.4, 0.5) is 11.4 Å². The van der Waals surface area contributed by atoms with Crippen LogP contribution in [0.3, 0.4) is 0 Å². The first-order valence-corrected chi connectivity index (χ1v) is 9.66. The molecule has 2 aromatic rings. The molecule has 0 atom stereocenters. The second-order valence-electron chi connectivity index (χ2n) is 6.85. The number of hydrogen-bond acceptors (Lipinski definition) is 3. The molecule has 0 saturated carbocycles. The molecule has 5 heteroatoms. The third kappa shape index (κ3) is 5.17. The minimum Gasteiger partial charge on any atom is -0.325 e. The Morgan fingerprint density at radius 2 is 1.63 bits per heavy atom. The molecule has 0 radical (unpaired) electrons. The standard InChI is InChI=1S/C22H27N3O2/c1-2-25(20-9-5-3-6-10-20)22(27)18-11-13-19(14-12-18)23-21(26)17-24-15-7-4-8-16-24/h3,5-6,9-14H,2,4,7-8,15-17H2,1H3,(H,23,26). The van der Waals surface area contributed by atoms with Gasteiger partial charge >= 0.3 is 0 Å². The summed E-state index contributed by atoms with van der Waals surface area (Å²) in [6.45, 7) is 4.97. The van der Waals surface area contributed by atoms with E-state index in [4.69, 9.17) is 0 Å². The van der Waals surface area contributed by atoms with E-state index >= 15 is 0 Å². The maximum atomic E-state index is 12.8. The van der Waals surface area contributed by atoms with E-state index in [1.165, 1.54) is 19.3 Å². The number of benzene rings is 2. The van der Waals surface area contributed by atoms with E-state index in [0.29, 0.717) is 18.7 Å². The van der Waals surface area contributed by atoms with Crippen molar-refractivity contribution in [2.45, 2.75) is 26.2 Å². The molecule has 1 aliphatic rings. The molecule has 0 bridgehead atoms. The monoisotopic (exact) mass is 365 g/mol. The topological polar surface area (TPSA) is 52.7 Å². The first kappa shape index (κ1) is 19.1. The molecule has 5 nitrogen and oxygen atoms in total. The summed E-state index contributed by atoms with van der Waals surface area (Å²) in [5.74, 6) is -0.0506. The number of carbonyl (C=O) groups excluding carboxylic acids is 2. The van der Waals surface area contributed by atoms with Crippen molar-refractivity contribution in [2.24, 2.45) is 0 Å². The van der Waals surface area contributed by atoms with Crippen LogP contribution >= 0.6 is 0 Å². The number of para-hydroxylation sites is 1. The molecular formula is C22H27N3O2. The van der Waals surface area contributed by atoms with Crippen LogP contribution < -0.4 is 10.2 Å². The Bertz CT molecular complexity index is 753. The van der Waals surface area contributed by atoms with Crippen LogP contribution in [-0.4, -0.2) is 42.9 Å². The summed E-state index contributed by atoms with van der Waals surface area (Å²) in [6.07, 6.45) is 3.59. The van der Waals surface area contributed by atoms with Crippen molar-refractivity contribution in [2.75, 3.05) is 36.4 Å². The van der Waals surface area contributed by atoms with Crippen LogP contribution in [0.15, 0.2) is 54.6 Å². The number of likely N-dealkylation sites (tertiary alicyclic amines) is 1. The number of amides is 2. The smallest absolute Gasteiger partial charge is 0.258 e. The number of piperidine rings is 1. The van der Waals surface area contributed by atoms with Crippen molar-refractivity contribution in [3.63, 3.8) is 0 Å². The number of nitrogens with one attached hydrogen (secondary N) is 1. The SMILES string of the molecule is CCN(C(=O)c1ccc(NC(=O)CN2CCCCC2)cc1)c1ccccc1. The van der Waals surface area contributed by atoms with Gasteiger partial charge in [0, 0.05) is 23.5 Å². The predicted molar refractivity (Wildman–Crippen MR) is 109 cm³/mol. The molecule has 27 heavy (non-hydrogen) atoms. The number of nitrogens with zero attached hydrogens (tertiary/aromatic N) is 2. The lowest BCUT2D eigenvalue weighted by molar-refractivity contribution is -0.117. The fourth-order valence-electron chi connectivity index (χ4n) is 3.42. The minimum absolute atomic E-state index is 0.00422. The van der Waals surface area contributed by atoms with Crippen molar-refractivity contribution < 1.29 is 9.59 Å². The largest absolute Gasteiger partial charge is 0.325 e. The number of anilines is 2. The van der Waals surface area contributed by atoms with Crippen molar-refractivity contribution in [3.8, 4) is 0 Å². The second-order valence-corrected chi connectivity index (χ2v) is 6.85. The Kier molecular flexibility index (Phi) is 6.60. The molecule has 0 spiro atoms. The van der Waals surface area contributed by atoms with Crippen molar-refractivity contribution in [1.29, 1.82) is 0 Å². The van der Waals surface area contributed by atoms with Gasteiger partial charge in [-0.2, -0.15) is 0 Å². The summed E-state index contributed by atoms with van der Waals surface area (Å²) in [6, 6.07) is 16.8. The van der Waals surface area contributed by atoms with Crippen molar-refractivity contribution >= 4 is 23.2 Å². The highest BCUT2D eigenvalue weighted by Crippen LogP contribution is 2.18. The van der Waals surface area contributed by atoms with Gasteiger partial charge in [-0.05, 0) is 69.3 Å². The summed E-state index contributed by atoms with van der Waals surface area (Å²) < 4.78 is 0. The maximum absolute atomic E-state index is 12.8. The average Bonchev–Trinajstić information content (AvgIpc) is 2.70. The van der Waals surface area contributed by atoms with Gasteiger partial charge in [-0.1, -0.05) is 24.6 Å². The fraction of sp³-hybridized carbons (Fsp3) is 0.364. The van der Waals surface area contributed by atoms with E-state index in [1.54, 1.807) is 29.2 Å². The Hall–Kier alpha value is -2.66. The van der Waals surface area contributed by atoms with Gasteiger partial charge in [0.05, 0.1) is 6.54 Å². The summed E-state index contributed by atoms with van der Waals surface area (Å²) in [7, 11) is 0. The van der Waals surface area contributed by atoms with E-state index in [2.05, 4.69) is 10.2 Å². The van der Waals surface area contributed by atoms with Crippen LogP contribution in [0.2, 0.25) is 0 Å². The van der Waals surface area contributed by atoms with E-state index < -0.39 is 0 Å². The average molecular weight is 365 g/mol. The van der Waals surface area contributed by atoms with Gasteiger partial charge in [0.2, 0.25) is 5.91 Å². The third-order valence-corrected chi connectivity index (χ3v) is 4.86. The van der Waals surface area contributed by atoms with Gasteiger partial charge in [0.25, 0.3) is 5.91 Å². The highest BCUT2D eigenvalue weighted by atomic mass is 16.2. The zero-order chi connectivity index (χ0) is 19.1. The van der Waals surface area contributed by atoms with E-state index in [0.717, 1.165) is 24.5 Å². The van der Waals surface area contributed by atoms with Crippen LogP contribution in [0.5, 0.6) is 0 Å². The van der Waals surface area contributed by atoms with Crippen LogP contribution in [0.25, 0.3) is 0 Å². The number of carbonyl (C=O) groups is 2. The van der Waals surface area contributed by atoms with E-state index in [9.17, 15) is 9.59 Å². The third-order valence-electron chi connectivity index (χ3n) is 4.86. The molecule has 1 saturated heterocycles. The first-order chi connectivity index (χ1) is 13.2. The second kappa shape index (κ2) is 9.33. The first-order valence-electron chi connectivity index (χ1n) is 9.66. The zero-order valence-corrected chi connectivity index (χ0v) is 15.9. The van der Waals surface area contributed by atoms with Gasteiger partial charge in [-0.3, -0.25) is 14.5 Å². The van der Waals surface area contributed by atoms with Crippen LogP contribution in [0.1, 0.15) is 36.5 Å². The summed E-state index contributed by atoms with van der Waals surface area (Å²) in [4.78, 5) is 28.9. The molecule has 1 fully saturated rings. The summed E-state index contributed by atoms with van der Waals surface area (Å²) >= 11 is 0. The van der Waals surface area contributed by atoms with Gasteiger partial charge in [-0.15, -0.1) is 0 Å². The molecule has 0 aromatic heterocycles. The van der Waals surface area contributed by atoms with Gasteiger partial charge in [-0.25, -0.2) is 0 Å². The lowest BCUT2D eigenvalue weighted by atomic mass is 10.1. The van der Waals surface area contributed by atoms with E-state index in [-0.39, 0.29) is 11.8 Å². The fourth-order valence-corrected chi connectivity index (χ4v) is 3.42. The van der Waals surface area contributed by atoms with E-state index in [1.807, 2.05) is 37.3 Å². The Morgan fingerprint density at radius 1 is 0.963 bits per heavy atom. The molecule has 142 valence electrons.